The molecule has 0 bridgehead atoms. The Bertz CT molecular complexity index is 1010. The minimum absolute atomic E-state index is 0.0739. The Kier molecular flexibility index (Phi) is 10.6. The number of carbonyl (C=O) groups is 3. The monoisotopic (exact) mass is 530 g/mol. The summed E-state index contributed by atoms with van der Waals surface area (Å²) in [5.74, 6) is -0.0882. The van der Waals surface area contributed by atoms with Gasteiger partial charge in [-0.2, -0.15) is 4.99 Å². The summed E-state index contributed by atoms with van der Waals surface area (Å²) in [6.07, 6.45) is 8.01. The van der Waals surface area contributed by atoms with Crippen LogP contribution >= 0.6 is 0 Å². The lowest BCUT2D eigenvalue weighted by Gasteiger charge is -2.38. The van der Waals surface area contributed by atoms with Gasteiger partial charge in [0.05, 0.1) is 27.2 Å². The number of primary amides is 1. The Morgan fingerprint density at radius 2 is 1.58 bits per heavy atom. The van der Waals surface area contributed by atoms with E-state index in [1.165, 1.54) is 0 Å². The molecule has 1 heterocycles. The fourth-order valence-electron chi connectivity index (χ4n) is 5.86. The van der Waals surface area contributed by atoms with Crippen molar-refractivity contribution in [3.05, 3.63) is 17.7 Å². The van der Waals surface area contributed by atoms with Crippen molar-refractivity contribution >= 4 is 23.4 Å². The fraction of sp³-hybridized carbons (Fsp3) is 0.655. The second-order valence-electron chi connectivity index (χ2n) is 10.5. The molecule has 1 saturated carbocycles. The largest absolute Gasteiger partial charge is 0.493 e. The van der Waals surface area contributed by atoms with Gasteiger partial charge in [-0.25, -0.2) is 4.79 Å². The van der Waals surface area contributed by atoms with Crippen molar-refractivity contribution in [2.24, 2.45) is 17.6 Å². The zero-order valence-electron chi connectivity index (χ0n) is 23.5. The van der Waals surface area contributed by atoms with E-state index in [2.05, 4.69) is 4.99 Å². The van der Waals surface area contributed by atoms with Crippen LogP contribution < -0.4 is 24.9 Å². The number of likely N-dealkylation sites (tertiary alicyclic amines) is 1. The van der Waals surface area contributed by atoms with E-state index < -0.39 is 17.9 Å². The maximum Gasteiger partial charge on any atom is 0.408 e. The first-order valence-electron chi connectivity index (χ1n) is 13.8. The molecule has 0 spiro atoms. The summed E-state index contributed by atoms with van der Waals surface area (Å²) in [6.45, 7) is 4.27. The Hall–Kier alpha value is -3.10. The highest BCUT2D eigenvalue weighted by Gasteiger charge is 2.42. The second kappa shape index (κ2) is 13.6. The summed E-state index contributed by atoms with van der Waals surface area (Å²) in [5, 5.41) is 0. The Balaban J connectivity index is 2.04. The summed E-state index contributed by atoms with van der Waals surface area (Å²) in [7, 11) is 4.68. The summed E-state index contributed by atoms with van der Waals surface area (Å²) in [5.41, 5.74) is 6.57. The number of nitrogens with zero attached hydrogens (tertiary/aromatic N) is 1. The smallest absolute Gasteiger partial charge is 0.408 e. The molecule has 1 aromatic rings. The molecule has 3 amide bonds. The number of nitrogens with two attached hydrogens (primary N) is 1. The van der Waals surface area contributed by atoms with Crippen LogP contribution in [0.2, 0.25) is 0 Å². The van der Waals surface area contributed by atoms with Crippen molar-refractivity contribution in [2.45, 2.75) is 83.6 Å². The quantitative estimate of drug-likeness (QED) is 0.448. The molecule has 1 aromatic carbocycles. The molecule has 1 saturated heterocycles. The molecule has 3 N–H and O–H groups in total. The number of amides is 3. The molecular formula is C29H44N3O6+. The van der Waals surface area contributed by atoms with Gasteiger partial charge < -0.3 is 24.8 Å². The molecular weight excluding hydrogens is 486 g/mol. The topological polar surface area (TPSA) is 122 Å². The van der Waals surface area contributed by atoms with E-state index in [9.17, 15) is 14.4 Å². The van der Waals surface area contributed by atoms with Gasteiger partial charge in [-0.3, -0.25) is 9.59 Å². The van der Waals surface area contributed by atoms with E-state index in [-0.39, 0.29) is 29.4 Å². The van der Waals surface area contributed by atoms with E-state index in [1.54, 1.807) is 26.2 Å². The number of ether oxygens (including phenoxy) is 3. The SMILES string of the molecule is CC[C@H](C)C(=[NH+]C(=O)[C@@H]1CCCCN1C(=O)[C@H](c1cc(OC)c(OC)c(OC)c1)C1CCCCC1)C(N)=O. The second-order valence-corrected chi connectivity index (χ2v) is 10.5. The number of hydrogen-bond acceptors (Lipinski definition) is 6. The molecule has 9 heteroatoms. The highest BCUT2D eigenvalue weighted by atomic mass is 16.5. The molecule has 0 unspecified atom stereocenters. The van der Waals surface area contributed by atoms with Crippen molar-refractivity contribution in [2.75, 3.05) is 27.9 Å². The number of carbonyl (C=O) groups excluding carboxylic acids is 3. The van der Waals surface area contributed by atoms with Crippen molar-refractivity contribution in [3.8, 4) is 17.2 Å². The molecule has 38 heavy (non-hydrogen) atoms. The molecule has 210 valence electrons. The molecule has 2 aliphatic rings. The lowest BCUT2D eigenvalue weighted by atomic mass is 9.75. The number of methoxy groups -OCH3 is 3. The number of rotatable bonds is 10. The molecule has 9 nitrogen and oxygen atoms in total. The van der Waals surface area contributed by atoms with Crippen molar-refractivity contribution in [3.63, 3.8) is 0 Å². The van der Waals surface area contributed by atoms with Gasteiger partial charge in [0.2, 0.25) is 17.4 Å². The average Bonchev–Trinajstić information content (AvgIpc) is 2.95. The van der Waals surface area contributed by atoms with Crippen LogP contribution in [0.3, 0.4) is 0 Å². The molecule has 0 radical (unpaired) electrons. The highest BCUT2D eigenvalue weighted by molar-refractivity contribution is 6.37. The molecule has 1 aliphatic heterocycles. The number of benzene rings is 1. The first kappa shape index (κ1) is 29.5. The number of hydrogen-bond donors (Lipinski definition) is 2. The molecule has 1 aliphatic carbocycles. The van der Waals surface area contributed by atoms with E-state index in [4.69, 9.17) is 19.9 Å². The maximum absolute atomic E-state index is 14.4. The van der Waals surface area contributed by atoms with Crippen molar-refractivity contribution in [1.29, 1.82) is 0 Å². The van der Waals surface area contributed by atoms with Crippen molar-refractivity contribution in [1.82, 2.24) is 4.90 Å². The third-order valence-corrected chi connectivity index (χ3v) is 8.15. The van der Waals surface area contributed by atoms with Crippen molar-refractivity contribution < 1.29 is 33.6 Å². The van der Waals surface area contributed by atoms with E-state index >= 15 is 0 Å². The first-order chi connectivity index (χ1) is 18.3. The average molecular weight is 531 g/mol. The van der Waals surface area contributed by atoms with Gasteiger partial charge in [-0.05, 0) is 62.1 Å². The van der Waals surface area contributed by atoms with Crippen LogP contribution in [-0.4, -0.2) is 62.2 Å². The Morgan fingerprint density at radius 3 is 2.11 bits per heavy atom. The third kappa shape index (κ3) is 6.48. The predicted octanol–water partition coefficient (Wildman–Crippen LogP) is 2.34. The maximum atomic E-state index is 14.4. The number of piperidine rings is 1. The van der Waals surface area contributed by atoms with Gasteiger partial charge in [-0.15, -0.1) is 0 Å². The highest BCUT2D eigenvalue weighted by Crippen LogP contribution is 2.45. The number of nitrogens with one attached hydrogen (secondary N) is 1. The van der Waals surface area contributed by atoms with Crippen LogP contribution in [0.15, 0.2) is 12.1 Å². The first-order valence-corrected chi connectivity index (χ1v) is 13.8. The van der Waals surface area contributed by atoms with E-state index in [1.807, 2.05) is 26.0 Å². The lowest BCUT2D eigenvalue weighted by Crippen LogP contribution is -2.84. The molecule has 2 fully saturated rings. The van der Waals surface area contributed by atoms with Gasteiger partial charge >= 0.3 is 11.8 Å². The summed E-state index contributed by atoms with van der Waals surface area (Å²) < 4.78 is 16.7. The predicted molar refractivity (Wildman–Crippen MR) is 144 cm³/mol. The van der Waals surface area contributed by atoms with E-state index in [0.29, 0.717) is 36.6 Å². The summed E-state index contributed by atoms with van der Waals surface area (Å²) in [6, 6.07) is 3.06. The van der Waals surface area contributed by atoms with Crippen LogP contribution in [-0.2, 0) is 14.4 Å². The summed E-state index contributed by atoms with van der Waals surface area (Å²) in [4.78, 5) is 44.5. The summed E-state index contributed by atoms with van der Waals surface area (Å²) >= 11 is 0. The van der Waals surface area contributed by atoms with Crippen LogP contribution in [0.5, 0.6) is 17.2 Å². The fourth-order valence-corrected chi connectivity index (χ4v) is 5.86. The lowest BCUT2D eigenvalue weighted by molar-refractivity contribution is -0.384. The van der Waals surface area contributed by atoms with Gasteiger partial charge in [0.25, 0.3) is 0 Å². The van der Waals surface area contributed by atoms with Crippen LogP contribution in [0, 0.1) is 11.8 Å². The Morgan fingerprint density at radius 1 is 0.974 bits per heavy atom. The third-order valence-electron chi connectivity index (χ3n) is 8.15. The minimum atomic E-state index is -0.664. The van der Waals surface area contributed by atoms with Gasteiger partial charge in [0, 0.05) is 12.5 Å². The van der Waals surface area contributed by atoms with Gasteiger partial charge in [0.15, 0.2) is 17.5 Å². The zero-order chi connectivity index (χ0) is 27.8. The van der Waals surface area contributed by atoms with Crippen LogP contribution in [0.25, 0.3) is 0 Å². The van der Waals surface area contributed by atoms with Gasteiger partial charge in [-0.1, -0.05) is 33.1 Å². The van der Waals surface area contributed by atoms with E-state index in [0.717, 1.165) is 50.5 Å². The normalized spacial score (nSPS) is 20.4. The zero-order valence-corrected chi connectivity index (χ0v) is 23.5. The van der Waals surface area contributed by atoms with Gasteiger partial charge in [0.1, 0.15) is 0 Å². The van der Waals surface area contributed by atoms with Crippen LogP contribution in [0.4, 0.5) is 0 Å². The Labute approximate surface area is 226 Å². The molecule has 3 rings (SSSR count). The molecule has 0 aromatic heterocycles. The minimum Gasteiger partial charge on any atom is -0.493 e. The van der Waals surface area contributed by atoms with Crippen LogP contribution in [0.1, 0.15) is 83.1 Å². The standard InChI is InChI=1S/C29H43N3O6/c1-6-18(2)25(27(30)33)31-28(34)21-14-10-11-15-32(21)29(35)24(19-12-8-7-9-13-19)20-16-22(36-3)26(38-5)23(17-20)37-4/h16-19,21,24H,6-15H2,1-5H3,(H2,30,33)/p+1/t18-,21-,24-/m0/s1. The molecule has 3 atom stereocenters.